The van der Waals surface area contributed by atoms with Crippen molar-refractivity contribution in [2.24, 2.45) is 0 Å². The molecule has 0 atom stereocenters. The van der Waals surface area contributed by atoms with Crippen molar-refractivity contribution >= 4 is 6.08 Å². The lowest BCUT2D eigenvalue weighted by molar-refractivity contribution is 1.13. The maximum atomic E-state index is 4.24. The zero-order valence-electron chi connectivity index (χ0n) is 7.31. The summed E-state index contributed by atoms with van der Waals surface area (Å²) in [5, 5.41) is 0. The highest BCUT2D eigenvalue weighted by Crippen LogP contribution is 2.15. The van der Waals surface area contributed by atoms with Crippen LogP contribution in [-0.4, -0.2) is 4.98 Å². The fourth-order valence-corrected chi connectivity index (χ4v) is 1.14. The molecule has 0 aliphatic heterocycles. The highest BCUT2D eigenvalue weighted by atomic mass is 14.7. The van der Waals surface area contributed by atoms with Crippen molar-refractivity contribution < 1.29 is 0 Å². The molecular formula is C10H13N. The molecule has 0 saturated carbocycles. The topological polar surface area (TPSA) is 12.9 Å². The van der Waals surface area contributed by atoms with Crippen LogP contribution in [0, 0.1) is 20.8 Å². The molecule has 0 aromatic carbocycles. The molecule has 11 heavy (non-hydrogen) atoms. The molecule has 1 heterocycles. The summed E-state index contributed by atoms with van der Waals surface area (Å²) in [5.74, 6) is 0. The van der Waals surface area contributed by atoms with E-state index in [1.54, 1.807) is 0 Å². The first kappa shape index (κ1) is 7.99. The van der Waals surface area contributed by atoms with Gasteiger partial charge in [-0.05, 0) is 37.5 Å². The van der Waals surface area contributed by atoms with E-state index in [0.29, 0.717) is 0 Å². The summed E-state index contributed by atoms with van der Waals surface area (Å²) in [6, 6.07) is 0. The molecule has 1 aromatic rings. The average molecular weight is 147 g/mol. The van der Waals surface area contributed by atoms with E-state index in [0.717, 1.165) is 5.69 Å². The Morgan fingerprint density at radius 2 is 2.00 bits per heavy atom. The molecule has 1 aromatic heterocycles. The molecule has 1 heteroatoms. The van der Waals surface area contributed by atoms with Crippen molar-refractivity contribution in [2.75, 3.05) is 0 Å². The van der Waals surface area contributed by atoms with Crippen molar-refractivity contribution in [2.45, 2.75) is 20.8 Å². The zero-order chi connectivity index (χ0) is 8.43. The van der Waals surface area contributed by atoms with Crippen molar-refractivity contribution in [3.05, 3.63) is 35.2 Å². The Bertz CT molecular complexity index is 287. The SMILES string of the molecule is C=Cc1c(C)ncc(C)c1C. The predicted octanol–water partition coefficient (Wildman–Crippen LogP) is 2.65. The van der Waals surface area contributed by atoms with Crippen LogP contribution in [0.3, 0.4) is 0 Å². The molecule has 1 nitrogen and oxygen atoms in total. The van der Waals surface area contributed by atoms with Gasteiger partial charge in [0, 0.05) is 11.9 Å². The van der Waals surface area contributed by atoms with Crippen LogP contribution in [-0.2, 0) is 0 Å². The lowest BCUT2D eigenvalue weighted by Gasteiger charge is -2.05. The first-order valence-corrected chi connectivity index (χ1v) is 3.72. The van der Waals surface area contributed by atoms with Crippen LogP contribution in [0.25, 0.3) is 6.08 Å². The molecule has 1 rings (SSSR count). The van der Waals surface area contributed by atoms with Crippen LogP contribution in [0.5, 0.6) is 0 Å². The van der Waals surface area contributed by atoms with Gasteiger partial charge in [0.15, 0.2) is 0 Å². The first-order valence-electron chi connectivity index (χ1n) is 3.72. The van der Waals surface area contributed by atoms with Gasteiger partial charge in [0.05, 0.1) is 0 Å². The highest BCUT2D eigenvalue weighted by Gasteiger charge is 2.00. The van der Waals surface area contributed by atoms with Gasteiger partial charge >= 0.3 is 0 Å². The van der Waals surface area contributed by atoms with Crippen LogP contribution in [0.4, 0.5) is 0 Å². The number of hydrogen-bond donors (Lipinski definition) is 0. The maximum Gasteiger partial charge on any atom is 0.0447 e. The second-order valence-electron chi connectivity index (χ2n) is 2.77. The Hall–Kier alpha value is -1.11. The normalized spacial score (nSPS) is 9.73. The summed E-state index contributed by atoms with van der Waals surface area (Å²) < 4.78 is 0. The van der Waals surface area contributed by atoms with E-state index in [1.807, 2.05) is 19.2 Å². The first-order chi connectivity index (χ1) is 5.16. The molecule has 0 aliphatic rings. The van der Waals surface area contributed by atoms with Crippen molar-refractivity contribution in [3.63, 3.8) is 0 Å². The van der Waals surface area contributed by atoms with Gasteiger partial charge in [-0.3, -0.25) is 4.98 Å². The summed E-state index contributed by atoms with van der Waals surface area (Å²) >= 11 is 0. The summed E-state index contributed by atoms with van der Waals surface area (Å²) in [6.07, 6.45) is 3.77. The number of pyridine rings is 1. The van der Waals surface area contributed by atoms with Gasteiger partial charge in [-0.15, -0.1) is 0 Å². The summed E-state index contributed by atoms with van der Waals surface area (Å²) in [5.41, 5.74) is 4.74. The Kier molecular flexibility index (Phi) is 2.08. The number of nitrogens with zero attached hydrogens (tertiary/aromatic N) is 1. The van der Waals surface area contributed by atoms with E-state index >= 15 is 0 Å². The Morgan fingerprint density at radius 1 is 1.36 bits per heavy atom. The summed E-state index contributed by atoms with van der Waals surface area (Å²) in [6.45, 7) is 9.92. The van der Waals surface area contributed by atoms with Gasteiger partial charge < -0.3 is 0 Å². The Balaban J connectivity index is 3.40. The van der Waals surface area contributed by atoms with Gasteiger partial charge in [0.1, 0.15) is 0 Å². The second kappa shape index (κ2) is 2.87. The third-order valence-corrected chi connectivity index (χ3v) is 2.04. The number of hydrogen-bond acceptors (Lipinski definition) is 1. The predicted molar refractivity (Wildman–Crippen MR) is 48.5 cm³/mol. The largest absolute Gasteiger partial charge is 0.261 e. The lowest BCUT2D eigenvalue weighted by Crippen LogP contribution is -1.93. The molecular weight excluding hydrogens is 134 g/mol. The van der Waals surface area contributed by atoms with Crippen LogP contribution in [0.1, 0.15) is 22.4 Å². The minimum atomic E-state index is 1.06. The third kappa shape index (κ3) is 1.32. The smallest absolute Gasteiger partial charge is 0.0447 e. The molecule has 58 valence electrons. The summed E-state index contributed by atoms with van der Waals surface area (Å²) in [7, 11) is 0. The fourth-order valence-electron chi connectivity index (χ4n) is 1.14. The molecule has 0 bridgehead atoms. The molecule has 0 fully saturated rings. The van der Waals surface area contributed by atoms with E-state index < -0.39 is 0 Å². The van der Waals surface area contributed by atoms with Gasteiger partial charge in [0.25, 0.3) is 0 Å². The van der Waals surface area contributed by atoms with E-state index in [-0.39, 0.29) is 0 Å². The average Bonchev–Trinajstić information content (AvgIpc) is 1.99. The monoisotopic (exact) mass is 147 g/mol. The number of aromatic nitrogens is 1. The Labute approximate surface area is 67.8 Å². The van der Waals surface area contributed by atoms with Gasteiger partial charge in [-0.2, -0.15) is 0 Å². The number of aryl methyl sites for hydroxylation is 2. The standard InChI is InChI=1S/C10H13N/c1-5-10-8(3)7(2)6-11-9(10)4/h5-6H,1H2,2-4H3. The van der Waals surface area contributed by atoms with Crippen LogP contribution in [0.15, 0.2) is 12.8 Å². The molecule has 0 unspecified atom stereocenters. The lowest BCUT2D eigenvalue weighted by atomic mass is 10.0. The zero-order valence-corrected chi connectivity index (χ0v) is 7.31. The van der Waals surface area contributed by atoms with Crippen LogP contribution in [0.2, 0.25) is 0 Å². The Morgan fingerprint density at radius 3 is 2.45 bits per heavy atom. The van der Waals surface area contributed by atoms with Crippen molar-refractivity contribution in [3.8, 4) is 0 Å². The van der Waals surface area contributed by atoms with Gasteiger partial charge in [-0.1, -0.05) is 12.7 Å². The van der Waals surface area contributed by atoms with Gasteiger partial charge in [0.2, 0.25) is 0 Å². The highest BCUT2D eigenvalue weighted by molar-refractivity contribution is 5.55. The minimum absolute atomic E-state index is 1.06. The third-order valence-electron chi connectivity index (χ3n) is 2.04. The summed E-state index contributed by atoms with van der Waals surface area (Å²) in [4.78, 5) is 4.24. The van der Waals surface area contributed by atoms with E-state index in [4.69, 9.17) is 0 Å². The molecule has 0 amide bonds. The fraction of sp³-hybridized carbons (Fsp3) is 0.300. The molecule has 0 N–H and O–H groups in total. The molecule has 0 aliphatic carbocycles. The molecule has 0 spiro atoms. The van der Waals surface area contributed by atoms with Crippen LogP contribution >= 0.6 is 0 Å². The van der Waals surface area contributed by atoms with Gasteiger partial charge in [-0.25, -0.2) is 0 Å². The van der Waals surface area contributed by atoms with Crippen molar-refractivity contribution in [1.82, 2.24) is 4.98 Å². The maximum absolute atomic E-state index is 4.24. The minimum Gasteiger partial charge on any atom is -0.261 e. The number of rotatable bonds is 1. The van der Waals surface area contributed by atoms with E-state index in [9.17, 15) is 0 Å². The quantitative estimate of drug-likeness (QED) is 0.595. The van der Waals surface area contributed by atoms with Crippen LogP contribution < -0.4 is 0 Å². The van der Waals surface area contributed by atoms with E-state index in [1.165, 1.54) is 16.7 Å². The van der Waals surface area contributed by atoms with E-state index in [2.05, 4.69) is 25.4 Å². The second-order valence-corrected chi connectivity index (χ2v) is 2.77. The molecule has 0 saturated heterocycles. The molecule has 0 radical (unpaired) electrons. The van der Waals surface area contributed by atoms with Crippen molar-refractivity contribution in [1.29, 1.82) is 0 Å².